The molecule has 0 spiro atoms. The zero-order valence-electron chi connectivity index (χ0n) is 8.12. The lowest BCUT2D eigenvalue weighted by Crippen LogP contribution is -2.20. The molecule has 1 aromatic heterocycles. The second-order valence-corrected chi connectivity index (χ2v) is 6.38. The largest absolute Gasteiger partial charge is 0.250 e. The van der Waals surface area contributed by atoms with Crippen LogP contribution in [-0.4, -0.2) is 15.5 Å². The highest BCUT2D eigenvalue weighted by Crippen LogP contribution is 2.40. The number of nitriles is 1. The van der Waals surface area contributed by atoms with Crippen molar-refractivity contribution in [1.29, 1.82) is 5.26 Å². The van der Waals surface area contributed by atoms with Gasteiger partial charge in [0.1, 0.15) is 4.75 Å². The zero-order valence-corrected chi connectivity index (χ0v) is 9.75. The van der Waals surface area contributed by atoms with Gasteiger partial charge in [-0.15, -0.1) is 23.1 Å². The van der Waals surface area contributed by atoms with E-state index >= 15 is 0 Å². The fourth-order valence-electron chi connectivity index (χ4n) is 1.73. The van der Waals surface area contributed by atoms with Gasteiger partial charge in [-0.2, -0.15) is 5.26 Å². The predicted octanol–water partition coefficient (Wildman–Crippen LogP) is 2.78. The molecular formula is C10H12N2S2. The molecule has 1 fully saturated rings. The first-order valence-electron chi connectivity index (χ1n) is 4.71. The molecule has 74 valence electrons. The van der Waals surface area contributed by atoms with E-state index in [9.17, 15) is 5.26 Å². The monoisotopic (exact) mass is 224 g/mol. The van der Waals surface area contributed by atoms with Gasteiger partial charge in [0.25, 0.3) is 0 Å². The summed E-state index contributed by atoms with van der Waals surface area (Å²) in [6.45, 7) is 2.01. The molecule has 14 heavy (non-hydrogen) atoms. The number of nitrogens with zero attached hydrogens (tertiary/aromatic N) is 2. The van der Waals surface area contributed by atoms with Crippen molar-refractivity contribution in [1.82, 2.24) is 4.98 Å². The molecule has 0 radical (unpaired) electrons. The van der Waals surface area contributed by atoms with Crippen molar-refractivity contribution in [2.75, 3.05) is 5.75 Å². The molecule has 0 aromatic carbocycles. The zero-order chi connectivity index (χ0) is 10.0. The van der Waals surface area contributed by atoms with Gasteiger partial charge in [0.05, 0.1) is 11.1 Å². The van der Waals surface area contributed by atoms with Crippen LogP contribution in [0.5, 0.6) is 0 Å². The maximum Gasteiger partial charge on any atom is 0.107 e. The predicted molar refractivity (Wildman–Crippen MR) is 60.6 cm³/mol. The molecular weight excluding hydrogens is 212 g/mol. The maximum absolute atomic E-state index is 9.20. The Morgan fingerprint density at radius 2 is 2.57 bits per heavy atom. The van der Waals surface area contributed by atoms with Gasteiger partial charge in [0.2, 0.25) is 0 Å². The van der Waals surface area contributed by atoms with Crippen LogP contribution in [-0.2, 0) is 6.42 Å². The smallest absolute Gasteiger partial charge is 0.107 e. The molecule has 2 heterocycles. The molecule has 1 aliphatic rings. The minimum absolute atomic E-state index is 0.154. The van der Waals surface area contributed by atoms with Gasteiger partial charge < -0.3 is 0 Å². The van der Waals surface area contributed by atoms with Gasteiger partial charge in [0, 0.05) is 17.5 Å². The summed E-state index contributed by atoms with van der Waals surface area (Å²) >= 11 is 3.52. The summed E-state index contributed by atoms with van der Waals surface area (Å²) in [6, 6.07) is 2.48. The van der Waals surface area contributed by atoms with Crippen molar-refractivity contribution >= 4 is 23.1 Å². The van der Waals surface area contributed by atoms with Gasteiger partial charge in [-0.05, 0) is 25.5 Å². The standard InChI is InChI=1S/C10H12N2S2/c1-8-12-6-9(14-8)5-10(7-11)3-2-4-13-10/h6H,2-5H2,1H3. The van der Waals surface area contributed by atoms with Crippen LogP contribution in [0.25, 0.3) is 0 Å². The third-order valence-electron chi connectivity index (χ3n) is 2.44. The molecule has 0 bridgehead atoms. The summed E-state index contributed by atoms with van der Waals surface area (Å²) in [4.78, 5) is 5.47. The molecule has 2 rings (SSSR count). The third kappa shape index (κ3) is 1.94. The molecule has 4 heteroatoms. The average Bonchev–Trinajstić information content (AvgIpc) is 2.77. The number of hydrogen-bond acceptors (Lipinski definition) is 4. The quantitative estimate of drug-likeness (QED) is 0.775. The highest BCUT2D eigenvalue weighted by Gasteiger charge is 2.35. The van der Waals surface area contributed by atoms with Crippen LogP contribution >= 0.6 is 23.1 Å². The number of thioether (sulfide) groups is 1. The number of aryl methyl sites for hydroxylation is 1. The molecule has 1 saturated heterocycles. The fraction of sp³-hybridized carbons (Fsp3) is 0.600. The summed E-state index contributed by atoms with van der Waals surface area (Å²) < 4.78 is -0.154. The Bertz CT molecular complexity index is 358. The normalized spacial score (nSPS) is 26.3. The SMILES string of the molecule is Cc1ncc(CC2(C#N)CCCS2)s1. The van der Waals surface area contributed by atoms with Gasteiger partial charge in [-0.3, -0.25) is 0 Å². The summed E-state index contributed by atoms with van der Waals surface area (Å²) in [7, 11) is 0. The minimum Gasteiger partial charge on any atom is -0.250 e. The Morgan fingerprint density at radius 3 is 3.07 bits per heavy atom. The molecule has 0 N–H and O–H groups in total. The lowest BCUT2D eigenvalue weighted by molar-refractivity contribution is 0.677. The second-order valence-electron chi connectivity index (χ2n) is 3.58. The van der Waals surface area contributed by atoms with E-state index < -0.39 is 0 Å². The molecule has 0 amide bonds. The van der Waals surface area contributed by atoms with Crippen LogP contribution in [0.3, 0.4) is 0 Å². The summed E-state index contributed by atoms with van der Waals surface area (Å²) in [5, 5.41) is 10.3. The molecule has 1 aliphatic heterocycles. The van der Waals surface area contributed by atoms with Gasteiger partial charge in [-0.1, -0.05) is 0 Å². The van der Waals surface area contributed by atoms with Crippen LogP contribution in [0.1, 0.15) is 22.7 Å². The van der Waals surface area contributed by atoms with Crippen LogP contribution in [0.4, 0.5) is 0 Å². The van der Waals surface area contributed by atoms with Crippen LogP contribution < -0.4 is 0 Å². The maximum atomic E-state index is 9.20. The number of rotatable bonds is 2. The summed E-state index contributed by atoms with van der Waals surface area (Å²) in [5.41, 5.74) is 0. The summed E-state index contributed by atoms with van der Waals surface area (Å²) in [6.07, 6.45) is 5.00. The van der Waals surface area contributed by atoms with E-state index in [-0.39, 0.29) is 4.75 Å². The highest BCUT2D eigenvalue weighted by atomic mass is 32.2. The van der Waals surface area contributed by atoms with E-state index in [2.05, 4.69) is 11.1 Å². The Morgan fingerprint density at radius 1 is 1.71 bits per heavy atom. The van der Waals surface area contributed by atoms with Gasteiger partial charge in [0.15, 0.2) is 0 Å². The Labute approximate surface area is 92.4 Å². The van der Waals surface area contributed by atoms with Gasteiger partial charge in [-0.25, -0.2) is 4.98 Å². The van der Waals surface area contributed by atoms with E-state index in [0.717, 1.165) is 23.6 Å². The Balaban J connectivity index is 2.13. The molecule has 0 aliphatic carbocycles. The number of hydrogen-bond donors (Lipinski definition) is 0. The van der Waals surface area contributed by atoms with Crippen molar-refractivity contribution in [2.24, 2.45) is 0 Å². The molecule has 0 saturated carbocycles. The first-order chi connectivity index (χ1) is 6.74. The minimum atomic E-state index is -0.154. The molecule has 2 nitrogen and oxygen atoms in total. The van der Waals surface area contributed by atoms with Crippen LogP contribution in [0.15, 0.2) is 6.20 Å². The first kappa shape index (κ1) is 10.0. The lowest BCUT2D eigenvalue weighted by Gasteiger charge is -2.17. The van der Waals surface area contributed by atoms with Gasteiger partial charge >= 0.3 is 0 Å². The van der Waals surface area contributed by atoms with Crippen LogP contribution in [0, 0.1) is 18.3 Å². The molecule has 1 unspecified atom stereocenters. The van der Waals surface area contributed by atoms with E-state index in [1.807, 2.05) is 24.9 Å². The Kier molecular flexibility index (Phi) is 2.80. The average molecular weight is 224 g/mol. The summed E-state index contributed by atoms with van der Waals surface area (Å²) in [5.74, 6) is 1.13. The fourth-order valence-corrected chi connectivity index (χ4v) is 4.02. The van der Waals surface area contributed by atoms with E-state index in [4.69, 9.17) is 0 Å². The van der Waals surface area contributed by atoms with Crippen molar-refractivity contribution in [3.63, 3.8) is 0 Å². The topological polar surface area (TPSA) is 36.7 Å². The van der Waals surface area contributed by atoms with Crippen LogP contribution in [0.2, 0.25) is 0 Å². The van der Waals surface area contributed by atoms with E-state index in [1.165, 1.54) is 11.3 Å². The number of aromatic nitrogens is 1. The lowest BCUT2D eigenvalue weighted by atomic mass is 10.0. The first-order valence-corrected chi connectivity index (χ1v) is 6.51. The van der Waals surface area contributed by atoms with Crippen molar-refractivity contribution in [3.8, 4) is 6.07 Å². The van der Waals surface area contributed by atoms with E-state index in [0.29, 0.717) is 0 Å². The van der Waals surface area contributed by atoms with Crippen molar-refractivity contribution in [2.45, 2.75) is 30.9 Å². The van der Waals surface area contributed by atoms with Crippen molar-refractivity contribution in [3.05, 3.63) is 16.1 Å². The molecule has 1 atom stereocenters. The number of thiazole rings is 1. The highest BCUT2D eigenvalue weighted by molar-refractivity contribution is 8.01. The van der Waals surface area contributed by atoms with E-state index in [1.54, 1.807) is 11.3 Å². The third-order valence-corrected chi connectivity index (χ3v) is 4.83. The molecule has 1 aromatic rings. The van der Waals surface area contributed by atoms with Crippen molar-refractivity contribution < 1.29 is 0 Å². The Hall–Kier alpha value is -0.530. The second kappa shape index (κ2) is 3.92.